The summed E-state index contributed by atoms with van der Waals surface area (Å²) in [7, 11) is 0. The van der Waals surface area contributed by atoms with Gasteiger partial charge in [0.1, 0.15) is 0 Å². The average molecular weight is 296 g/mol. The van der Waals surface area contributed by atoms with Crippen LogP contribution in [0.3, 0.4) is 0 Å². The third-order valence-electron chi connectivity index (χ3n) is 5.60. The molecule has 0 heterocycles. The van der Waals surface area contributed by atoms with Crippen LogP contribution in [0, 0.1) is 23.7 Å². The van der Waals surface area contributed by atoms with E-state index in [-0.39, 0.29) is 0 Å². The van der Waals surface area contributed by atoms with Crippen molar-refractivity contribution in [2.24, 2.45) is 23.7 Å². The van der Waals surface area contributed by atoms with Gasteiger partial charge < -0.3 is 5.32 Å². The first-order chi connectivity index (χ1) is 9.15. The Labute approximate surface area is 124 Å². The second-order valence-corrected chi connectivity index (χ2v) is 7.41. The second kappa shape index (κ2) is 4.38. The number of fused-ring (bicyclic) bond motifs is 5. The van der Waals surface area contributed by atoms with Crippen molar-refractivity contribution in [3.05, 3.63) is 33.8 Å². The molecule has 0 aliphatic heterocycles. The molecule has 102 valence electrons. The van der Waals surface area contributed by atoms with Crippen molar-refractivity contribution in [2.75, 3.05) is 0 Å². The summed E-state index contributed by atoms with van der Waals surface area (Å²) in [5.41, 5.74) is 1.13. The molecule has 3 heteroatoms. The van der Waals surface area contributed by atoms with Gasteiger partial charge in [-0.05, 0) is 73.6 Å². The molecule has 1 aromatic rings. The summed E-state index contributed by atoms with van der Waals surface area (Å²) in [6.45, 7) is 2.20. The lowest BCUT2D eigenvalue weighted by Crippen LogP contribution is -2.26. The topological polar surface area (TPSA) is 12.0 Å². The molecule has 1 N–H and O–H groups in total. The first-order valence-electron chi connectivity index (χ1n) is 7.36. The Kier molecular flexibility index (Phi) is 2.88. The van der Waals surface area contributed by atoms with Crippen molar-refractivity contribution in [1.82, 2.24) is 5.32 Å². The summed E-state index contributed by atoms with van der Waals surface area (Å²) in [5, 5.41) is 5.38. The van der Waals surface area contributed by atoms with E-state index in [9.17, 15) is 0 Å². The van der Waals surface area contributed by atoms with Gasteiger partial charge >= 0.3 is 0 Å². The molecule has 1 aromatic carbocycles. The van der Waals surface area contributed by atoms with Crippen LogP contribution in [-0.2, 0) is 0 Å². The number of hydrogen-bond donors (Lipinski definition) is 1. The Balaban J connectivity index is 1.48. The van der Waals surface area contributed by atoms with Gasteiger partial charge in [-0.3, -0.25) is 0 Å². The fraction of sp³-hybridized carbons (Fsp3) is 0.625. The lowest BCUT2D eigenvalue weighted by molar-refractivity contribution is 0.433. The van der Waals surface area contributed by atoms with E-state index >= 15 is 0 Å². The smallest absolute Gasteiger partial charge is 0.0454 e. The van der Waals surface area contributed by atoms with E-state index in [1.807, 2.05) is 18.2 Å². The fourth-order valence-electron chi connectivity index (χ4n) is 4.77. The molecule has 0 saturated heterocycles. The molecule has 5 atom stereocenters. The molecule has 2 bridgehead atoms. The Morgan fingerprint density at radius 2 is 1.84 bits per heavy atom. The van der Waals surface area contributed by atoms with Gasteiger partial charge in [0.15, 0.2) is 0 Å². The molecule has 0 aromatic heterocycles. The van der Waals surface area contributed by atoms with Gasteiger partial charge in [0, 0.05) is 22.1 Å². The van der Waals surface area contributed by atoms with E-state index in [0.717, 1.165) is 45.3 Å². The first kappa shape index (κ1) is 12.5. The summed E-state index contributed by atoms with van der Waals surface area (Å²) >= 11 is 12.4. The Hall–Kier alpha value is -0.240. The Morgan fingerprint density at radius 1 is 1.16 bits per heavy atom. The third-order valence-corrected chi connectivity index (χ3v) is 6.18. The van der Waals surface area contributed by atoms with Crippen LogP contribution in [0.5, 0.6) is 0 Å². The van der Waals surface area contributed by atoms with E-state index in [2.05, 4.69) is 12.2 Å². The van der Waals surface area contributed by atoms with E-state index in [0.29, 0.717) is 6.04 Å². The molecule has 3 saturated carbocycles. The monoisotopic (exact) mass is 295 g/mol. The number of hydrogen-bond acceptors (Lipinski definition) is 1. The third kappa shape index (κ3) is 1.93. The van der Waals surface area contributed by atoms with E-state index in [1.54, 1.807) is 0 Å². The predicted molar refractivity (Wildman–Crippen MR) is 79.6 cm³/mol. The van der Waals surface area contributed by atoms with Crippen molar-refractivity contribution in [1.29, 1.82) is 0 Å². The zero-order valence-electron chi connectivity index (χ0n) is 11.1. The van der Waals surface area contributed by atoms with Gasteiger partial charge in [-0.2, -0.15) is 0 Å². The van der Waals surface area contributed by atoms with Crippen molar-refractivity contribution < 1.29 is 0 Å². The minimum atomic E-state index is 0.293. The van der Waals surface area contributed by atoms with E-state index in [4.69, 9.17) is 23.2 Å². The largest absolute Gasteiger partial charge is 0.307 e. The van der Waals surface area contributed by atoms with Crippen LogP contribution < -0.4 is 5.32 Å². The van der Waals surface area contributed by atoms with Crippen LogP contribution >= 0.6 is 23.2 Å². The van der Waals surface area contributed by atoms with Gasteiger partial charge in [-0.15, -0.1) is 0 Å². The number of benzene rings is 1. The zero-order chi connectivity index (χ0) is 13.1. The van der Waals surface area contributed by atoms with Crippen LogP contribution in [-0.4, -0.2) is 6.04 Å². The molecule has 5 unspecified atom stereocenters. The lowest BCUT2D eigenvalue weighted by Gasteiger charge is -2.18. The SMILES string of the molecule is CC(NC1C2C3CCC(C3)C12)c1cc(Cl)ccc1Cl. The Bertz CT molecular complexity index is 499. The minimum Gasteiger partial charge on any atom is -0.307 e. The average Bonchev–Trinajstić information content (AvgIpc) is 2.80. The normalized spacial score (nSPS) is 40.3. The minimum absolute atomic E-state index is 0.293. The van der Waals surface area contributed by atoms with Gasteiger partial charge in [0.05, 0.1) is 0 Å². The van der Waals surface area contributed by atoms with Crippen LogP contribution in [0.15, 0.2) is 18.2 Å². The van der Waals surface area contributed by atoms with Gasteiger partial charge in [0.25, 0.3) is 0 Å². The van der Waals surface area contributed by atoms with Crippen LogP contribution in [0.25, 0.3) is 0 Å². The maximum Gasteiger partial charge on any atom is 0.0454 e. The molecule has 0 amide bonds. The van der Waals surface area contributed by atoms with Crippen molar-refractivity contribution in [3.8, 4) is 0 Å². The number of nitrogens with one attached hydrogen (secondary N) is 1. The highest BCUT2D eigenvalue weighted by molar-refractivity contribution is 6.33. The zero-order valence-corrected chi connectivity index (χ0v) is 12.6. The maximum absolute atomic E-state index is 6.29. The summed E-state index contributed by atoms with van der Waals surface area (Å²) < 4.78 is 0. The number of halogens is 2. The molecule has 0 radical (unpaired) electrons. The van der Waals surface area contributed by atoms with Gasteiger partial charge in [-0.1, -0.05) is 23.2 Å². The standard InChI is InChI=1S/C16H19Cl2N/c1-8(12-7-11(17)4-5-13(12)18)19-16-14-9-2-3-10(6-9)15(14)16/h4-5,7-10,14-16,19H,2-3,6H2,1H3. The molecule has 1 nitrogen and oxygen atoms in total. The molecule has 3 aliphatic carbocycles. The highest BCUT2D eigenvalue weighted by Crippen LogP contribution is 2.65. The summed E-state index contributed by atoms with van der Waals surface area (Å²) in [6, 6.07) is 6.77. The predicted octanol–water partition coefficient (Wildman–Crippen LogP) is 4.69. The molecular weight excluding hydrogens is 277 g/mol. The molecule has 19 heavy (non-hydrogen) atoms. The molecule has 0 spiro atoms. The van der Waals surface area contributed by atoms with Crippen LogP contribution in [0.1, 0.15) is 37.8 Å². The van der Waals surface area contributed by atoms with Crippen LogP contribution in [0.4, 0.5) is 0 Å². The highest BCUT2D eigenvalue weighted by Gasteiger charge is 2.64. The maximum atomic E-state index is 6.29. The van der Waals surface area contributed by atoms with Gasteiger partial charge in [-0.25, -0.2) is 0 Å². The fourth-order valence-corrected chi connectivity index (χ4v) is 5.23. The summed E-state index contributed by atoms with van der Waals surface area (Å²) in [5.74, 6) is 3.93. The summed E-state index contributed by atoms with van der Waals surface area (Å²) in [6.07, 6.45) is 4.44. The van der Waals surface area contributed by atoms with Crippen LogP contribution in [0.2, 0.25) is 10.0 Å². The lowest BCUT2D eigenvalue weighted by atomic mass is 10.0. The molecule has 3 fully saturated rings. The van der Waals surface area contributed by atoms with E-state index in [1.165, 1.54) is 19.3 Å². The first-order valence-corrected chi connectivity index (χ1v) is 8.11. The molecular formula is C16H19Cl2N. The molecule has 4 rings (SSSR count). The van der Waals surface area contributed by atoms with Crippen molar-refractivity contribution in [2.45, 2.75) is 38.3 Å². The molecule has 3 aliphatic rings. The highest BCUT2D eigenvalue weighted by atomic mass is 35.5. The summed E-state index contributed by atoms with van der Waals surface area (Å²) in [4.78, 5) is 0. The Morgan fingerprint density at radius 3 is 2.53 bits per heavy atom. The quantitative estimate of drug-likeness (QED) is 0.853. The second-order valence-electron chi connectivity index (χ2n) is 6.57. The number of rotatable bonds is 3. The van der Waals surface area contributed by atoms with Crippen molar-refractivity contribution in [3.63, 3.8) is 0 Å². The van der Waals surface area contributed by atoms with E-state index < -0.39 is 0 Å². The van der Waals surface area contributed by atoms with Gasteiger partial charge in [0.2, 0.25) is 0 Å². The van der Waals surface area contributed by atoms with Crippen molar-refractivity contribution >= 4 is 23.2 Å².